The second-order valence-electron chi connectivity index (χ2n) is 3.16. The summed E-state index contributed by atoms with van der Waals surface area (Å²) >= 11 is 5.18. The summed E-state index contributed by atoms with van der Waals surface area (Å²) in [6, 6.07) is 0. The molecule has 1 aromatic rings. The van der Waals surface area contributed by atoms with Gasteiger partial charge in [-0.25, -0.2) is 0 Å². The number of hydrogen-bond donors (Lipinski definition) is 0. The molecule has 1 unspecified atom stereocenters. The van der Waals surface area contributed by atoms with E-state index in [9.17, 15) is 0 Å². The van der Waals surface area contributed by atoms with Crippen molar-refractivity contribution < 1.29 is 4.52 Å². The zero-order chi connectivity index (χ0) is 9.10. The summed E-state index contributed by atoms with van der Waals surface area (Å²) in [7, 11) is 0. The Morgan fingerprint density at radius 3 is 3.08 bits per heavy atom. The van der Waals surface area contributed by atoms with E-state index in [2.05, 4.69) is 26.1 Å². The van der Waals surface area contributed by atoms with Crippen molar-refractivity contribution in [2.75, 3.05) is 5.75 Å². The summed E-state index contributed by atoms with van der Waals surface area (Å²) < 4.78 is 4.85. The minimum Gasteiger partial charge on any atom is -0.327 e. The largest absolute Gasteiger partial charge is 0.327 e. The normalized spacial score (nSPS) is 23.3. The van der Waals surface area contributed by atoms with Gasteiger partial charge in [0.15, 0.2) is 5.82 Å². The van der Waals surface area contributed by atoms with Gasteiger partial charge in [0, 0.05) is 27.6 Å². The lowest BCUT2D eigenvalue weighted by Gasteiger charge is -2.19. The molecule has 0 radical (unpaired) electrons. The van der Waals surface area contributed by atoms with E-state index in [-0.39, 0.29) is 0 Å². The highest BCUT2D eigenvalue weighted by molar-refractivity contribution is 9.10. The Bertz CT molecular complexity index is 273. The third kappa shape index (κ3) is 2.71. The molecular weight excluding hydrogens is 252 g/mol. The number of rotatable bonds is 2. The number of hydrogen-bond acceptors (Lipinski definition) is 4. The first-order valence-corrected chi connectivity index (χ1v) is 6.28. The van der Waals surface area contributed by atoms with E-state index in [0.29, 0.717) is 10.0 Å². The lowest BCUT2D eigenvalue weighted by molar-refractivity contribution is 0.389. The van der Waals surface area contributed by atoms with Gasteiger partial charge in [0.2, 0.25) is 0 Å². The molecular formula is C8H11BrN2OS. The van der Waals surface area contributed by atoms with Crippen LogP contribution in [0.25, 0.3) is 0 Å². The first-order valence-electron chi connectivity index (χ1n) is 4.44. The van der Waals surface area contributed by atoms with E-state index in [4.69, 9.17) is 4.52 Å². The van der Waals surface area contributed by atoms with Crippen LogP contribution in [-0.4, -0.2) is 21.1 Å². The number of thioether (sulfide) groups is 1. The third-order valence-corrected chi connectivity index (χ3v) is 3.85. The van der Waals surface area contributed by atoms with E-state index in [1.54, 1.807) is 0 Å². The minimum atomic E-state index is 0.489. The molecule has 3 nitrogen and oxygen atoms in total. The van der Waals surface area contributed by atoms with Gasteiger partial charge >= 0.3 is 0 Å². The molecule has 0 aromatic carbocycles. The molecule has 0 amide bonds. The van der Waals surface area contributed by atoms with Gasteiger partial charge < -0.3 is 4.52 Å². The van der Waals surface area contributed by atoms with Gasteiger partial charge in [-0.3, -0.25) is 0 Å². The summed E-state index contributed by atoms with van der Waals surface area (Å²) in [4.78, 5) is 4.62. The zero-order valence-corrected chi connectivity index (χ0v) is 9.60. The molecule has 2 rings (SSSR count). The molecule has 5 heteroatoms. The Balaban J connectivity index is 1.89. The summed E-state index contributed by atoms with van der Waals surface area (Å²) in [5, 5.41) is 4.56. The van der Waals surface area contributed by atoms with Gasteiger partial charge in [-0.15, -0.1) is 0 Å². The smallest absolute Gasteiger partial charge is 0.293 e. The van der Waals surface area contributed by atoms with Crippen LogP contribution in [0.2, 0.25) is 0 Å². The second kappa shape index (κ2) is 4.46. The Morgan fingerprint density at radius 2 is 2.46 bits per heavy atom. The van der Waals surface area contributed by atoms with Crippen molar-refractivity contribution in [3.63, 3.8) is 0 Å². The van der Waals surface area contributed by atoms with Crippen LogP contribution in [0.15, 0.2) is 9.32 Å². The molecule has 0 bridgehead atoms. The first-order chi connectivity index (χ1) is 6.34. The zero-order valence-electron chi connectivity index (χ0n) is 7.20. The van der Waals surface area contributed by atoms with Gasteiger partial charge in [0.1, 0.15) is 0 Å². The maximum atomic E-state index is 4.85. The molecule has 1 aliphatic heterocycles. The lowest BCUT2D eigenvalue weighted by Crippen LogP contribution is -2.13. The molecule has 0 N–H and O–H groups in total. The number of nitrogens with zero attached hydrogens (tertiary/aromatic N) is 2. The molecule has 72 valence electrons. The van der Waals surface area contributed by atoms with Crippen molar-refractivity contribution in [3.05, 3.63) is 10.6 Å². The molecule has 1 aromatic heterocycles. The Morgan fingerprint density at radius 1 is 1.54 bits per heavy atom. The van der Waals surface area contributed by atoms with Crippen LogP contribution in [-0.2, 0) is 6.42 Å². The fraction of sp³-hybridized carbons (Fsp3) is 0.750. The molecule has 1 aliphatic rings. The Hall–Kier alpha value is -0.0300. The highest BCUT2D eigenvalue weighted by Crippen LogP contribution is 2.27. The number of aromatic nitrogens is 2. The Labute approximate surface area is 89.8 Å². The van der Waals surface area contributed by atoms with Crippen molar-refractivity contribution in [1.82, 2.24) is 10.1 Å². The first kappa shape index (κ1) is 9.52. The molecule has 1 fully saturated rings. The summed E-state index contributed by atoms with van der Waals surface area (Å²) in [6.07, 6.45) is 4.93. The van der Waals surface area contributed by atoms with Crippen LogP contribution >= 0.6 is 27.7 Å². The van der Waals surface area contributed by atoms with E-state index in [0.717, 1.165) is 12.2 Å². The molecule has 1 atom stereocenters. The summed E-state index contributed by atoms with van der Waals surface area (Å²) in [6.45, 7) is 0. The van der Waals surface area contributed by atoms with Crippen LogP contribution in [0.3, 0.4) is 0 Å². The Kier molecular flexibility index (Phi) is 3.27. The number of halogens is 1. The summed E-state index contributed by atoms with van der Waals surface area (Å²) in [5.41, 5.74) is 0. The van der Waals surface area contributed by atoms with Crippen molar-refractivity contribution in [2.24, 2.45) is 0 Å². The fourth-order valence-corrected chi connectivity index (χ4v) is 3.07. The van der Waals surface area contributed by atoms with Crippen LogP contribution in [0.1, 0.15) is 25.1 Å². The van der Waals surface area contributed by atoms with E-state index >= 15 is 0 Å². The third-order valence-electron chi connectivity index (χ3n) is 2.13. The van der Waals surface area contributed by atoms with Crippen molar-refractivity contribution >= 4 is 27.7 Å². The van der Waals surface area contributed by atoms with Gasteiger partial charge in [-0.2, -0.15) is 16.7 Å². The molecule has 2 heterocycles. The van der Waals surface area contributed by atoms with Crippen molar-refractivity contribution in [2.45, 2.75) is 30.9 Å². The average molecular weight is 263 g/mol. The second-order valence-corrected chi connectivity index (χ2v) is 5.24. The summed E-state index contributed by atoms with van der Waals surface area (Å²) in [5.74, 6) is 2.11. The molecule has 1 saturated heterocycles. The predicted octanol–water partition coefficient (Wildman–Crippen LogP) is 2.66. The molecule has 0 saturated carbocycles. The maximum absolute atomic E-state index is 4.85. The fourth-order valence-electron chi connectivity index (χ4n) is 1.49. The lowest BCUT2D eigenvalue weighted by atomic mass is 10.1. The van der Waals surface area contributed by atoms with Gasteiger partial charge in [-0.05, 0) is 18.6 Å². The van der Waals surface area contributed by atoms with E-state index < -0.39 is 0 Å². The minimum absolute atomic E-state index is 0.489. The molecule has 0 aliphatic carbocycles. The topological polar surface area (TPSA) is 38.9 Å². The molecule has 0 spiro atoms. The standard InChI is InChI=1S/C8H11BrN2OS/c9-8-10-7(11-12-8)5-6-3-1-2-4-13-6/h6H,1-5H2. The highest BCUT2D eigenvalue weighted by atomic mass is 79.9. The van der Waals surface area contributed by atoms with Crippen LogP contribution in [0.5, 0.6) is 0 Å². The van der Waals surface area contributed by atoms with Crippen molar-refractivity contribution in [3.8, 4) is 0 Å². The van der Waals surface area contributed by atoms with Gasteiger partial charge in [-0.1, -0.05) is 11.6 Å². The highest BCUT2D eigenvalue weighted by Gasteiger charge is 2.16. The van der Waals surface area contributed by atoms with Gasteiger partial charge in [0.05, 0.1) is 0 Å². The van der Waals surface area contributed by atoms with Crippen LogP contribution in [0.4, 0.5) is 0 Å². The van der Waals surface area contributed by atoms with Crippen molar-refractivity contribution in [1.29, 1.82) is 0 Å². The van der Waals surface area contributed by atoms with Crippen LogP contribution in [0, 0.1) is 0 Å². The van der Waals surface area contributed by atoms with E-state index in [1.807, 2.05) is 11.8 Å². The van der Waals surface area contributed by atoms with Crippen LogP contribution < -0.4 is 0 Å². The average Bonchev–Trinajstić information content (AvgIpc) is 2.53. The predicted molar refractivity (Wildman–Crippen MR) is 55.8 cm³/mol. The molecule has 13 heavy (non-hydrogen) atoms. The quantitative estimate of drug-likeness (QED) is 0.822. The maximum Gasteiger partial charge on any atom is 0.293 e. The van der Waals surface area contributed by atoms with Gasteiger partial charge in [0.25, 0.3) is 4.80 Å². The SMILES string of the molecule is Brc1nc(CC2CCCCS2)no1. The monoisotopic (exact) mass is 262 g/mol. The van der Waals surface area contributed by atoms with E-state index in [1.165, 1.54) is 25.0 Å².